The molecule has 0 atom stereocenters. The van der Waals surface area contributed by atoms with Gasteiger partial charge in [-0.15, -0.1) is 0 Å². The van der Waals surface area contributed by atoms with Gasteiger partial charge in [-0.3, -0.25) is 14.0 Å². The second-order valence-corrected chi connectivity index (χ2v) is 5.81. The second-order valence-electron chi connectivity index (χ2n) is 5.81. The van der Waals surface area contributed by atoms with Gasteiger partial charge in [-0.25, -0.2) is 4.39 Å². The van der Waals surface area contributed by atoms with E-state index in [-0.39, 0.29) is 41.8 Å². The van der Waals surface area contributed by atoms with Crippen molar-refractivity contribution in [2.45, 2.75) is 19.5 Å². The summed E-state index contributed by atoms with van der Waals surface area (Å²) in [6.07, 6.45) is 0.225. The number of carbonyl (C=O) groups excluding carboxylic acids is 1. The molecule has 1 aromatic heterocycles. The van der Waals surface area contributed by atoms with Crippen molar-refractivity contribution in [1.29, 1.82) is 0 Å². The zero-order valence-electron chi connectivity index (χ0n) is 13.6. The van der Waals surface area contributed by atoms with Crippen LogP contribution in [0.15, 0.2) is 41.2 Å². The maximum Gasteiger partial charge on any atom is 0.271 e. The number of ether oxygens (including phenoxy) is 1. The molecule has 3 rings (SSSR count). The number of aromatic nitrogens is 1. The third-order valence-electron chi connectivity index (χ3n) is 4.02. The van der Waals surface area contributed by atoms with Crippen LogP contribution in [-0.2, 0) is 13.1 Å². The molecule has 25 heavy (non-hydrogen) atoms. The fraction of sp³-hybridized carbons (Fsp3) is 0.333. The average molecular weight is 348 g/mol. The molecular weight excluding hydrogens is 330 g/mol. The molecule has 0 bridgehead atoms. The van der Waals surface area contributed by atoms with Gasteiger partial charge in [0.1, 0.15) is 11.5 Å². The Bertz CT molecular complexity index is 818. The van der Waals surface area contributed by atoms with Crippen LogP contribution >= 0.6 is 0 Å². The summed E-state index contributed by atoms with van der Waals surface area (Å²) in [5, 5.41) is 0. The van der Waals surface area contributed by atoms with Crippen LogP contribution in [0.3, 0.4) is 0 Å². The molecule has 0 radical (unpaired) electrons. The second kappa shape index (κ2) is 7.46. The molecule has 132 valence electrons. The predicted octanol–water partition coefficient (Wildman–Crippen LogP) is 2.38. The number of hydrogen-bond acceptors (Lipinski definition) is 3. The molecule has 5 nitrogen and oxygen atoms in total. The number of alkyl halides is 1. The highest BCUT2D eigenvalue weighted by molar-refractivity contribution is 5.93. The third-order valence-corrected chi connectivity index (χ3v) is 4.02. The Labute approximate surface area is 143 Å². The van der Waals surface area contributed by atoms with Gasteiger partial charge < -0.3 is 14.2 Å². The first-order chi connectivity index (χ1) is 12.1. The van der Waals surface area contributed by atoms with Gasteiger partial charge in [-0.2, -0.15) is 0 Å². The van der Waals surface area contributed by atoms with Crippen molar-refractivity contribution in [3.05, 3.63) is 63.7 Å². The molecule has 1 aromatic carbocycles. The minimum atomic E-state index is -0.506. The van der Waals surface area contributed by atoms with E-state index in [0.717, 1.165) is 5.56 Å². The number of rotatable bonds is 6. The molecular formula is C18H18F2N2O3. The number of fused-ring (bicyclic) bond motifs is 1. The van der Waals surface area contributed by atoms with Crippen LogP contribution in [0.25, 0.3) is 0 Å². The lowest BCUT2D eigenvalue weighted by molar-refractivity contribution is 0.0680. The summed E-state index contributed by atoms with van der Waals surface area (Å²) < 4.78 is 32.3. The Hall–Kier alpha value is -2.70. The molecule has 0 N–H and O–H groups in total. The summed E-state index contributed by atoms with van der Waals surface area (Å²) >= 11 is 0. The van der Waals surface area contributed by atoms with E-state index in [1.54, 1.807) is 21.6 Å². The minimum Gasteiger partial charge on any atom is -0.479 e. The fourth-order valence-electron chi connectivity index (χ4n) is 2.78. The van der Waals surface area contributed by atoms with E-state index < -0.39 is 6.67 Å². The lowest BCUT2D eigenvalue weighted by atomic mass is 10.1. The molecule has 2 aromatic rings. The Morgan fingerprint density at radius 1 is 1.08 bits per heavy atom. The highest BCUT2D eigenvalue weighted by Gasteiger charge is 2.26. The van der Waals surface area contributed by atoms with Crippen molar-refractivity contribution in [1.82, 2.24) is 9.47 Å². The minimum absolute atomic E-state index is 0.146. The number of carbonyl (C=O) groups is 1. The van der Waals surface area contributed by atoms with E-state index in [1.807, 2.05) is 0 Å². The quantitative estimate of drug-likeness (QED) is 0.753. The molecule has 1 aliphatic heterocycles. The summed E-state index contributed by atoms with van der Waals surface area (Å²) in [4.78, 5) is 26.2. The number of halogens is 2. The van der Waals surface area contributed by atoms with Crippen molar-refractivity contribution in [2.24, 2.45) is 0 Å². The van der Waals surface area contributed by atoms with E-state index in [1.165, 1.54) is 24.3 Å². The summed E-state index contributed by atoms with van der Waals surface area (Å²) in [5.41, 5.74) is 0.718. The monoisotopic (exact) mass is 348 g/mol. The van der Waals surface area contributed by atoms with Crippen molar-refractivity contribution in [2.75, 3.05) is 19.8 Å². The van der Waals surface area contributed by atoms with E-state index in [4.69, 9.17) is 4.74 Å². The summed E-state index contributed by atoms with van der Waals surface area (Å²) in [5.74, 6) is -0.338. The van der Waals surface area contributed by atoms with Gasteiger partial charge in [0.05, 0.1) is 13.3 Å². The van der Waals surface area contributed by atoms with Gasteiger partial charge >= 0.3 is 0 Å². The highest BCUT2D eigenvalue weighted by Crippen LogP contribution is 2.20. The van der Waals surface area contributed by atoms with E-state index in [9.17, 15) is 18.4 Å². The summed E-state index contributed by atoms with van der Waals surface area (Å²) in [7, 11) is 0. The first kappa shape index (κ1) is 17.1. The molecule has 0 saturated carbocycles. The Balaban J connectivity index is 1.82. The standard InChI is InChI=1S/C18H18F2N2O3/c19-6-1-9-25-17-11-15(23)10-16-18(24)21(7-8-22(16)17)12-13-2-4-14(20)5-3-13/h2-5,10-11H,1,6-9,12H2. The zero-order valence-corrected chi connectivity index (χ0v) is 13.6. The maximum absolute atomic E-state index is 13.0. The average Bonchev–Trinajstić information content (AvgIpc) is 2.60. The highest BCUT2D eigenvalue weighted by atomic mass is 19.1. The van der Waals surface area contributed by atoms with Gasteiger partial charge in [0.25, 0.3) is 5.91 Å². The SMILES string of the molecule is O=C1c2cc(=O)cc(OCCCF)n2CCN1Cc1ccc(F)cc1. The van der Waals surface area contributed by atoms with Crippen LogP contribution < -0.4 is 10.2 Å². The fourth-order valence-corrected chi connectivity index (χ4v) is 2.78. The molecule has 2 heterocycles. The van der Waals surface area contributed by atoms with Crippen LogP contribution in [0.5, 0.6) is 5.88 Å². The molecule has 0 spiro atoms. The van der Waals surface area contributed by atoms with Crippen LogP contribution in [0.1, 0.15) is 22.5 Å². The summed E-state index contributed by atoms with van der Waals surface area (Å²) in [6.45, 7) is 0.875. The molecule has 0 fully saturated rings. The topological polar surface area (TPSA) is 51.5 Å². The first-order valence-electron chi connectivity index (χ1n) is 8.06. The molecule has 1 aliphatic rings. The smallest absolute Gasteiger partial charge is 0.271 e. The van der Waals surface area contributed by atoms with Crippen molar-refractivity contribution >= 4 is 5.91 Å². The third kappa shape index (κ3) is 3.87. The Morgan fingerprint density at radius 3 is 2.56 bits per heavy atom. The lowest BCUT2D eigenvalue weighted by Gasteiger charge is -2.31. The number of nitrogens with zero attached hydrogens (tertiary/aromatic N) is 2. The largest absolute Gasteiger partial charge is 0.479 e. The van der Waals surface area contributed by atoms with Gasteiger partial charge in [0, 0.05) is 38.2 Å². The lowest BCUT2D eigenvalue weighted by Crippen LogP contribution is -2.41. The van der Waals surface area contributed by atoms with Crippen LogP contribution in [0.2, 0.25) is 0 Å². The van der Waals surface area contributed by atoms with Crippen molar-refractivity contribution < 1.29 is 18.3 Å². The number of pyridine rings is 1. The van der Waals surface area contributed by atoms with E-state index in [0.29, 0.717) is 19.6 Å². The van der Waals surface area contributed by atoms with Gasteiger partial charge in [-0.05, 0) is 17.7 Å². The van der Waals surface area contributed by atoms with Gasteiger partial charge in [0.15, 0.2) is 11.3 Å². The molecule has 0 unspecified atom stereocenters. The first-order valence-corrected chi connectivity index (χ1v) is 8.06. The van der Waals surface area contributed by atoms with Crippen LogP contribution in [0.4, 0.5) is 8.78 Å². The molecule has 0 aliphatic carbocycles. The normalized spacial score (nSPS) is 13.7. The number of hydrogen-bond donors (Lipinski definition) is 0. The number of benzene rings is 1. The predicted molar refractivity (Wildman–Crippen MR) is 87.9 cm³/mol. The molecule has 1 amide bonds. The van der Waals surface area contributed by atoms with Crippen molar-refractivity contribution in [3.63, 3.8) is 0 Å². The Kier molecular flexibility index (Phi) is 5.11. The van der Waals surface area contributed by atoms with E-state index >= 15 is 0 Å². The Morgan fingerprint density at radius 2 is 1.84 bits per heavy atom. The molecule has 7 heteroatoms. The van der Waals surface area contributed by atoms with E-state index in [2.05, 4.69) is 0 Å². The zero-order chi connectivity index (χ0) is 17.8. The summed E-state index contributed by atoms with van der Waals surface area (Å²) in [6, 6.07) is 8.53. The van der Waals surface area contributed by atoms with Crippen molar-refractivity contribution in [3.8, 4) is 5.88 Å². The van der Waals surface area contributed by atoms with Gasteiger partial charge in [-0.1, -0.05) is 12.1 Å². The van der Waals surface area contributed by atoms with Crippen LogP contribution in [0, 0.1) is 5.82 Å². The number of amides is 1. The maximum atomic E-state index is 13.0. The molecule has 0 saturated heterocycles. The van der Waals surface area contributed by atoms with Gasteiger partial charge in [0.2, 0.25) is 0 Å². The van der Waals surface area contributed by atoms with Crippen LogP contribution in [-0.4, -0.2) is 35.2 Å².